The highest BCUT2D eigenvalue weighted by Gasteiger charge is 2.30. The molecule has 2 nitrogen and oxygen atoms in total. The summed E-state index contributed by atoms with van der Waals surface area (Å²) in [6.07, 6.45) is 4.67. The Morgan fingerprint density at radius 1 is 0.909 bits per heavy atom. The SMILES string of the molecule is CC.CC(C)(C)C1CCC(OC=O)CC1.CC(C)C(C)(C)C. The lowest BCUT2D eigenvalue weighted by Gasteiger charge is -2.36. The summed E-state index contributed by atoms with van der Waals surface area (Å²) in [6, 6.07) is 0. The Labute approximate surface area is 140 Å². The minimum Gasteiger partial charge on any atom is -0.465 e. The van der Waals surface area contributed by atoms with Crippen LogP contribution >= 0.6 is 0 Å². The zero-order valence-electron chi connectivity index (χ0n) is 17.0. The molecule has 1 rings (SSSR count). The van der Waals surface area contributed by atoms with Crippen LogP contribution in [-0.2, 0) is 9.53 Å². The molecule has 1 fully saturated rings. The van der Waals surface area contributed by atoms with Crippen molar-refractivity contribution in [1.29, 1.82) is 0 Å². The van der Waals surface area contributed by atoms with Crippen LogP contribution in [0.4, 0.5) is 0 Å². The van der Waals surface area contributed by atoms with Gasteiger partial charge in [-0.15, -0.1) is 0 Å². The van der Waals surface area contributed by atoms with Crippen LogP contribution in [0.5, 0.6) is 0 Å². The molecule has 1 aliphatic rings. The second-order valence-corrected chi connectivity index (χ2v) is 8.59. The molecule has 134 valence electrons. The molecule has 0 atom stereocenters. The van der Waals surface area contributed by atoms with Gasteiger partial charge < -0.3 is 4.74 Å². The Bertz CT molecular complexity index is 260. The van der Waals surface area contributed by atoms with E-state index in [4.69, 9.17) is 4.74 Å². The number of hydrogen-bond donors (Lipinski definition) is 0. The fraction of sp³-hybridized carbons (Fsp3) is 0.950. The third-order valence-corrected chi connectivity index (χ3v) is 4.88. The average molecular weight is 315 g/mol. The predicted molar refractivity (Wildman–Crippen MR) is 98.0 cm³/mol. The summed E-state index contributed by atoms with van der Waals surface area (Å²) < 4.78 is 4.96. The van der Waals surface area contributed by atoms with Crippen LogP contribution in [0, 0.1) is 22.7 Å². The van der Waals surface area contributed by atoms with Crippen LogP contribution in [-0.4, -0.2) is 12.6 Å². The van der Waals surface area contributed by atoms with E-state index >= 15 is 0 Å². The van der Waals surface area contributed by atoms with E-state index < -0.39 is 0 Å². The van der Waals surface area contributed by atoms with Crippen molar-refractivity contribution in [3.63, 3.8) is 0 Å². The van der Waals surface area contributed by atoms with Crippen molar-refractivity contribution in [2.75, 3.05) is 0 Å². The molecule has 0 bridgehead atoms. The van der Waals surface area contributed by atoms with Crippen molar-refractivity contribution in [2.45, 2.75) is 101 Å². The van der Waals surface area contributed by atoms with Crippen molar-refractivity contribution < 1.29 is 9.53 Å². The summed E-state index contributed by atoms with van der Waals surface area (Å²) in [6.45, 7) is 22.7. The van der Waals surface area contributed by atoms with E-state index in [1.807, 2.05) is 13.8 Å². The van der Waals surface area contributed by atoms with Crippen molar-refractivity contribution in [2.24, 2.45) is 22.7 Å². The molecule has 22 heavy (non-hydrogen) atoms. The van der Waals surface area contributed by atoms with Gasteiger partial charge in [0.15, 0.2) is 0 Å². The topological polar surface area (TPSA) is 26.3 Å². The molecule has 2 heteroatoms. The fourth-order valence-corrected chi connectivity index (χ4v) is 2.14. The average Bonchev–Trinajstić information content (AvgIpc) is 2.40. The van der Waals surface area contributed by atoms with E-state index in [0.717, 1.165) is 24.7 Å². The smallest absolute Gasteiger partial charge is 0.293 e. The first-order chi connectivity index (χ1) is 9.98. The monoisotopic (exact) mass is 314 g/mol. The van der Waals surface area contributed by atoms with Crippen LogP contribution in [0.15, 0.2) is 0 Å². The van der Waals surface area contributed by atoms with Crippen LogP contribution in [0.2, 0.25) is 0 Å². The Kier molecular flexibility index (Phi) is 11.9. The maximum atomic E-state index is 10.1. The third kappa shape index (κ3) is 11.1. The van der Waals surface area contributed by atoms with Crippen LogP contribution < -0.4 is 0 Å². The van der Waals surface area contributed by atoms with Gasteiger partial charge in [-0.1, -0.05) is 69.2 Å². The summed E-state index contributed by atoms with van der Waals surface area (Å²) in [4.78, 5) is 10.1. The lowest BCUT2D eigenvalue weighted by atomic mass is 9.72. The van der Waals surface area contributed by atoms with Crippen molar-refractivity contribution in [1.82, 2.24) is 0 Å². The van der Waals surface area contributed by atoms with Gasteiger partial charge in [0.25, 0.3) is 6.47 Å². The number of carbonyl (C=O) groups excluding carboxylic acids is 1. The normalized spacial score (nSPS) is 22.0. The molecule has 0 saturated heterocycles. The lowest BCUT2D eigenvalue weighted by Crippen LogP contribution is -2.28. The molecule has 0 unspecified atom stereocenters. The second-order valence-electron chi connectivity index (χ2n) is 8.59. The molecular formula is C20H42O2. The Morgan fingerprint density at radius 3 is 1.50 bits per heavy atom. The van der Waals surface area contributed by atoms with Crippen LogP contribution in [0.25, 0.3) is 0 Å². The molecule has 0 radical (unpaired) electrons. The summed E-state index contributed by atoms with van der Waals surface area (Å²) in [5.74, 6) is 1.59. The molecule has 0 amide bonds. The molecule has 0 heterocycles. The summed E-state index contributed by atoms with van der Waals surface area (Å²) in [7, 11) is 0. The van der Waals surface area contributed by atoms with E-state index in [1.54, 1.807) is 0 Å². The first-order valence-corrected chi connectivity index (χ1v) is 9.07. The van der Waals surface area contributed by atoms with Gasteiger partial charge in [0.2, 0.25) is 0 Å². The molecule has 0 aromatic rings. The van der Waals surface area contributed by atoms with E-state index in [1.165, 1.54) is 12.8 Å². The van der Waals surface area contributed by atoms with Gasteiger partial charge in [-0.2, -0.15) is 0 Å². The van der Waals surface area contributed by atoms with Gasteiger partial charge in [0.1, 0.15) is 6.10 Å². The standard InChI is InChI=1S/C11H20O2.C7H16.C2H6/c1-11(2,3)9-4-6-10(7-5-9)13-8-12;1-6(2)7(3,4)5;1-2/h8-10H,4-7H2,1-3H3;6H,1-5H3;1-2H3. The van der Waals surface area contributed by atoms with Crippen LogP contribution in [0.3, 0.4) is 0 Å². The van der Waals surface area contributed by atoms with E-state index in [-0.39, 0.29) is 6.10 Å². The van der Waals surface area contributed by atoms with Crippen molar-refractivity contribution in [3.05, 3.63) is 0 Å². The first kappa shape index (κ1) is 23.7. The van der Waals surface area contributed by atoms with Gasteiger partial charge >= 0.3 is 0 Å². The quantitative estimate of drug-likeness (QED) is 0.545. The summed E-state index contributed by atoms with van der Waals surface area (Å²) in [5.41, 5.74) is 0.909. The predicted octanol–water partition coefficient (Wildman–Crippen LogP) is 6.48. The van der Waals surface area contributed by atoms with Gasteiger partial charge in [0, 0.05) is 0 Å². The third-order valence-electron chi connectivity index (χ3n) is 4.88. The second kappa shape index (κ2) is 11.1. The Hall–Kier alpha value is -0.530. The zero-order valence-corrected chi connectivity index (χ0v) is 17.0. The highest BCUT2D eigenvalue weighted by atomic mass is 16.5. The number of carbonyl (C=O) groups is 1. The highest BCUT2D eigenvalue weighted by Crippen LogP contribution is 2.38. The molecule has 0 aromatic carbocycles. The molecule has 0 spiro atoms. The Balaban J connectivity index is 0. The van der Waals surface area contributed by atoms with Crippen LogP contribution in [0.1, 0.15) is 94.9 Å². The van der Waals surface area contributed by atoms with Crippen molar-refractivity contribution >= 4 is 6.47 Å². The zero-order chi connectivity index (χ0) is 18.0. The minimum absolute atomic E-state index is 0.191. The van der Waals surface area contributed by atoms with Gasteiger partial charge in [-0.3, -0.25) is 4.79 Å². The molecule has 0 aromatic heterocycles. The molecule has 0 aliphatic heterocycles. The summed E-state index contributed by atoms with van der Waals surface area (Å²) in [5, 5.41) is 0. The molecule has 1 saturated carbocycles. The number of ether oxygens (including phenoxy) is 1. The highest BCUT2D eigenvalue weighted by molar-refractivity contribution is 5.37. The maximum absolute atomic E-state index is 10.1. The minimum atomic E-state index is 0.191. The van der Waals surface area contributed by atoms with Gasteiger partial charge in [-0.25, -0.2) is 0 Å². The maximum Gasteiger partial charge on any atom is 0.293 e. The number of rotatable bonds is 2. The van der Waals surface area contributed by atoms with E-state index in [9.17, 15) is 4.79 Å². The number of hydrogen-bond acceptors (Lipinski definition) is 2. The Morgan fingerprint density at radius 2 is 1.27 bits per heavy atom. The van der Waals surface area contributed by atoms with E-state index in [2.05, 4.69) is 55.4 Å². The summed E-state index contributed by atoms with van der Waals surface area (Å²) >= 11 is 0. The lowest BCUT2D eigenvalue weighted by molar-refractivity contribution is -0.135. The molecular weight excluding hydrogens is 272 g/mol. The first-order valence-electron chi connectivity index (χ1n) is 9.07. The van der Waals surface area contributed by atoms with Gasteiger partial charge in [-0.05, 0) is 48.3 Å². The van der Waals surface area contributed by atoms with Gasteiger partial charge in [0.05, 0.1) is 0 Å². The fourth-order valence-electron chi connectivity index (χ4n) is 2.14. The molecule has 0 N–H and O–H groups in total. The molecule has 1 aliphatic carbocycles. The van der Waals surface area contributed by atoms with Crippen molar-refractivity contribution in [3.8, 4) is 0 Å². The van der Waals surface area contributed by atoms with E-state index in [0.29, 0.717) is 17.3 Å². The largest absolute Gasteiger partial charge is 0.465 e.